The quantitative estimate of drug-likeness (QED) is 0.707. The van der Waals surface area contributed by atoms with Crippen molar-refractivity contribution < 1.29 is 4.74 Å². The number of fused-ring (bicyclic) bond motifs is 1. The summed E-state index contributed by atoms with van der Waals surface area (Å²) >= 11 is 0. The second-order valence-corrected chi connectivity index (χ2v) is 4.44. The molecule has 0 aliphatic carbocycles. The molecule has 3 rings (SSSR count). The minimum atomic E-state index is 0.587. The van der Waals surface area contributed by atoms with E-state index in [0.717, 1.165) is 11.4 Å². The molecule has 0 radical (unpaired) electrons. The second-order valence-electron chi connectivity index (χ2n) is 4.44. The van der Waals surface area contributed by atoms with Gasteiger partial charge in [-0.1, -0.05) is 6.07 Å². The van der Waals surface area contributed by atoms with Crippen molar-refractivity contribution in [2.75, 3.05) is 16.8 Å². The Morgan fingerprint density at radius 2 is 1.56 bits per heavy atom. The summed E-state index contributed by atoms with van der Waals surface area (Å²) in [5.74, 6) is 0. The first-order valence-corrected chi connectivity index (χ1v) is 5.84. The topological polar surface area (TPSA) is 73.3 Å². The average Bonchev–Trinajstić information content (AvgIpc) is 2.81. The summed E-state index contributed by atoms with van der Waals surface area (Å²) in [5.41, 5.74) is 17.1. The van der Waals surface area contributed by atoms with E-state index in [1.165, 1.54) is 11.1 Å². The molecule has 0 unspecified atom stereocenters. The van der Waals surface area contributed by atoms with Gasteiger partial charge in [-0.15, -0.1) is 0 Å². The molecule has 1 heterocycles. The molecular formula is C14H15N3O. The van der Waals surface area contributed by atoms with Crippen LogP contribution in [0.5, 0.6) is 0 Å². The summed E-state index contributed by atoms with van der Waals surface area (Å²) in [6, 6.07) is 11.8. The van der Waals surface area contributed by atoms with Gasteiger partial charge in [-0.05, 0) is 41.5 Å². The summed E-state index contributed by atoms with van der Waals surface area (Å²) < 4.78 is 5.39. The second kappa shape index (κ2) is 4.23. The SMILES string of the molecule is Nc1ccc(Nc2ccc3c(c2)COC3)cc1N. The van der Waals surface area contributed by atoms with E-state index in [1.54, 1.807) is 6.07 Å². The Morgan fingerprint density at radius 1 is 0.833 bits per heavy atom. The van der Waals surface area contributed by atoms with Crippen LogP contribution in [0.2, 0.25) is 0 Å². The Labute approximate surface area is 106 Å². The first-order valence-electron chi connectivity index (χ1n) is 5.84. The third-order valence-electron chi connectivity index (χ3n) is 3.10. The van der Waals surface area contributed by atoms with Crippen molar-refractivity contribution in [2.45, 2.75) is 13.2 Å². The number of rotatable bonds is 2. The van der Waals surface area contributed by atoms with Crippen LogP contribution in [0.1, 0.15) is 11.1 Å². The van der Waals surface area contributed by atoms with Crippen LogP contribution in [-0.4, -0.2) is 0 Å². The van der Waals surface area contributed by atoms with Gasteiger partial charge in [-0.25, -0.2) is 0 Å². The maximum Gasteiger partial charge on any atom is 0.0725 e. The highest BCUT2D eigenvalue weighted by Crippen LogP contribution is 2.27. The molecule has 0 amide bonds. The highest BCUT2D eigenvalue weighted by molar-refractivity contribution is 5.72. The number of hydrogen-bond acceptors (Lipinski definition) is 4. The predicted molar refractivity (Wildman–Crippen MR) is 73.5 cm³/mol. The number of nitrogens with two attached hydrogens (primary N) is 2. The fourth-order valence-electron chi connectivity index (χ4n) is 2.07. The van der Waals surface area contributed by atoms with Crippen molar-refractivity contribution in [3.8, 4) is 0 Å². The van der Waals surface area contributed by atoms with Crippen LogP contribution in [-0.2, 0) is 18.0 Å². The summed E-state index contributed by atoms with van der Waals surface area (Å²) in [6.45, 7) is 1.40. The molecular weight excluding hydrogens is 226 g/mol. The molecule has 2 aromatic carbocycles. The molecule has 0 bridgehead atoms. The van der Waals surface area contributed by atoms with Crippen molar-refractivity contribution >= 4 is 22.7 Å². The van der Waals surface area contributed by atoms with E-state index in [1.807, 2.05) is 18.2 Å². The molecule has 4 nitrogen and oxygen atoms in total. The van der Waals surface area contributed by atoms with E-state index in [-0.39, 0.29) is 0 Å². The van der Waals surface area contributed by atoms with Crippen molar-refractivity contribution in [3.63, 3.8) is 0 Å². The molecule has 0 aromatic heterocycles. The molecule has 4 heteroatoms. The first-order chi connectivity index (χ1) is 8.72. The van der Waals surface area contributed by atoms with Crippen molar-refractivity contribution in [1.29, 1.82) is 0 Å². The normalized spacial score (nSPS) is 13.3. The molecule has 92 valence electrons. The Bertz CT molecular complexity index is 596. The number of hydrogen-bond donors (Lipinski definition) is 3. The minimum Gasteiger partial charge on any atom is -0.397 e. The Balaban J connectivity index is 1.85. The van der Waals surface area contributed by atoms with Crippen molar-refractivity contribution in [1.82, 2.24) is 0 Å². The van der Waals surface area contributed by atoms with Crippen molar-refractivity contribution in [3.05, 3.63) is 47.5 Å². The van der Waals surface area contributed by atoms with Gasteiger partial charge in [0.05, 0.1) is 24.6 Å². The summed E-state index contributed by atoms with van der Waals surface area (Å²) in [5, 5.41) is 3.31. The lowest BCUT2D eigenvalue weighted by Crippen LogP contribution is -1.97. The van der Waals surface area contributed by atoms with E-state index in [4.69, 9.17) is 16.2 Å². The van der Waals surface area contributed by atoms with Crippen LogP contribution < -0.4 is 16.8 Å². The maximum atomic E-state index is 5.78. The first kappa shape index (κ1) is 10.9. The van der Waals surface area contributed by atoms with Crippen LogP contribution in [0.15, 0.2) is 36.4 Å². The summed E-state index contributed by atoms with van der Waals surface area (Å²) in [7, 11) is 0. The molecule has 0 saturated heterocycles. The largest absolute Gasteiger partial charge is 0.397 e. The van der Waals surface area contributed by atoms with Gasteiger partial charge in [-0.3, -0.25) is 0 Å². The Hall–Kier alpha value is -2.20. The third kappa shape index (κ3) is 1.98. The summed E-state index contributed by atoms with van der Waals surface area (Å²) in [6.07, 6.45) is 0. The van der Waals surface area contributed by atoms with Gasteiger partial charge < -0.3 is 21.5 Å². The fourth-order valence-corrected chi connectivity index (χ4v) is 2.07. The molecule has 1 aliphatic heterocycles. The van der Waals surface area contributed by atoms with Gasteiger partial charge in [0, 0.05) is 11.4 Å². The number of benzene rings is 2. The van der Waals surface area contributed by atoms with E-state index in [0.29, 0.717) is 24.6 Å². The zero-order valence-electron chi connectivity index (χ0n) is 9.94. The predicted octanol–water partition coefficient (Wildman–Crippen LogP) is 2.62. The van der Waals surface area contributed by atoms with Crippen LogP contribution in [0.25, 0.3) is 0 Å². The van der Waals surface area contributed by atoms with Crippen molar-refractivity contribution in [2.24, 2.45) is 0 Å². The Kier molecular flexibility index (Phi) is 2.57. The van der Waals surface area contributed by atoms with Crippen LogP contribution in [0.4, 0.5) is 22.7 Å². The van der Waals surface area contributed by atoms with E-state index in [2.05, 4.69) is 17.4 Å². The van der Waals surface area contributed by atoms with E-state index >= 15 is 0 Å². The maximum absolute atomic E-state index is 5.78. The monoisotopic (exact) mass is 241 g/mol. The minimum absolute atomic E-state index is 0.587. The lowest BCUT2D eigenvalue weighted by Gasteiger charge is -2.09. The third-order valence-corrected chi connectivity index (χ3v) is 3.10. The zero-order valence-corrected chi connectivity index (χ0v) is 9.94. The number of anilines is 4. The molecule has 18 heavy (non-hydrogen) atoms. The lowest BCUT2D eigenvalue weighted by atomic mass is 10.1. The van der Waals surface area contributed by atoms with E-state index in [9.17, 15) is 0 Å². The number of ether oxygens (including phenoxy) is 1. The van der Waals surface area contributed by atoms with Crippen LogP contribution >= 0.6 is 0 Å². The Morgan fingerprint density at radius 3 is 2.39 bits per heavy atom. The smallest absolute Gasteiger partial charge is 0.0725 e. The number of nitrogen functional groups attached to an aromatic ring is 2. The molecule has 0 saturated carbocycles. The van der Waals surface area contributed by atoms with Crippen LogP contribution in [0.3, 0.4) is 0 Å². The summed E-state index contributed by atoms with van der Waals surface area (Å²) in [4.78, 5) is 0. The molecule has 2 aromatic rings. The molecule has 5 N–H and O–H groups in total. The van der Waals surface area contributed by atoms with Gasteiger partial charge in [-0.2, -0.15) is 0 Å². The van der Waals surface area contributed by atoms with Gasteiger partial charge in [0.2, 0.25) is 0 Å². The molecule has 0 atom stereocenters. The van der Waals surface area contributed by atoms with Gasteiger partial charge in [0.1, 0.15) is 0 Å². The van der Waals surface area contributed by atoms with E-state index < -0.39 is 0 Å². The molecule has 0 spiro atoms. The van der Waals surface area contributed by atoms with Crippen LogP contribution in [0, 0.1) is 0 Å². The average molecular weight is 241 g/mol. The standard InChI is InChI=1S/C14H15N3O/c15-13-4-3-12(6-14(13)16)17-11-2-1-9-7-18-8-10(9)5-11/h1-6,17H,7-8,15-16H2. The zero-order chi connectivity index (χ0) is 12.5. The highest BCUT2D eigenvalue weighted by atomic mass is 16.5. The fraction of sp³-hybridized carbons (Fsp3) is 0.143. The number of nitrogens with one attached hydrogen (secondary N) is 1. The highest BCUT2D eigenvalue weighted by Gasteiger charge is 2.11. The van der Waals surface area contributed by atoms with Gasteiger partial charge >= 0.3 is 0 Å². The van der Waals surface area contributed by atoms with Gasteiger partial charge in [0.25, 0.3) is 0 Å². The molecule has 1 aliphatic rings. The lowest BCUT2D eigenvalue weighted by molar-refractivity contribution is 0.134. The van der Waals surface area contributed by atoms with Gasteiger partial charge in [0.15, 0.2) is 0 Å². The molecule has 0 fully saturated rings.